The van der Waals surface area contributed by atoms with Crippen molar-refractivity contribution in [2.75, 3.05) is 0 Å². The standard InChI is InChI=1S/C28H44O/c1-19(2)20(3)9-10-22(5)26-15-16-27-23(8-7-17-28(26,27)6)12-13-24-18-25(29)14-11-21(24)4/h9-10,12-13,19-20,22,25-27,29H,4,7-8,11,14-18H2,1-3,5-6H3/t20-,22-,25-,26+,27+,28+/m0/s1. The summed E-state index contributed by atoms with van der Waals surface area (Å²) in [5.41, 5.74) is 4.61. The summed E-state index contributed by atoms with van der Waals surface area (Å²) < 4.78 is 0. The summed E-state index contributed by atoms with van der Waals surface area (Å²) in [6, 6.07) is 0. The highest BCUT2D eigenvalue weighted by molar-refractivity contribution is 5.36. The fourth-order valence-electron chi connectivity index (χ4n) is 6.25. The predicted molar refractivity (Wildman–Crippen MR) is 126 cm³/mol. The van der Waals surface area contributed by atoms with Gasteiger partial charge in [0.05, 0.1) is 6.10 Å². The molecule has 1 nitrogen and oxygen atoms in total. The molecule has 0 aromatic heterocycles. The number of aliphatic hydroxyl groups is 1. The Labute approximate surface area is 180 Å². The normalized spacial score (nSPS) is 38.2. The zero-order valence-electron chi connectivity index (χ0n) is 19.6. The second-order valence-electron chi connectivity index (χ2n) is 10.9. The van der Waals surface area contributed by atoms with Gasteiger partial charge in [0.1, 0.15) is 0 Å². The van der Waals surface area contributed by atoms with Gasteiger partial charge in [0, 0.05) is 0 Å². The van der Waals surface area contributed by atoms with Crippen LogP contribution in [-0.4, -0.2) is 11.2 Å². The summed E-state index contributed by atoms with van der Waals surface area (Å²) in [5, 5.41) is 10.0. The molecule has 3 saturated carbocycles. The van der Waals surface area contributed by atoms with Gasteiger partial charge in [0.25, 0.3) is 0 Å². The van der Waals surface area contributed by atoms with E-state index in [4.69, 9.17) is 0 Å². The van der Waals surface area contributed by atoms with Gasteiger partial charge in [-0.05, 0) is 91.9 Å². The molecule has 0 bridgehead atoms. The van der Waals surface area contributed by atoms with E-state index < -0.39 is 0 Å². The molecular formula is C28H44O. The van der Waals surface area contributed by atoms with Gasteiger partial charge in [-0.1, -0.05) is 76.6 Å². The maximum absolute atomic E-state index is 10.0. The fourth-order valence-corrected chi connectivity index (χ4v) is 6.25. The molecule has 3 aliphatic carbocycles. The second-order valence-corrected chi connectivity index (χ2v) is 10.9. The molecule has 0 aliphatic heterocycles. The number of fused-ring (bicyclic) bond motifs is 1. The highest BCUT2D eigenvalue weighted by Crippen LogP contribution is 2.59. The summed E-state index contributed by atoms with van der Waals surface area (Å²) >= 11 is 0. The third-order valence-corrected chi connectivity index (χ3v) is 8.63. The lowest BCUT2D eigenvalue weighted by Crippen LogP contribution is -2.35. The van der Waals surface area contributed by atoms with Gasteiger partial charge >= 0.3 is 0 Å². The van der Waals surface area contributed by atoms with Crippen LogP contribution in [0.25, 0.3) is 0 Å². The summed E-state index contributed by atoms with van der Waals surface area (Å²) in [5.74, 6) is 3.58. The van der Waals surface area contributed by atoms with Crippen molar-refractivity contribution in [2.45, 2.75) is 92.1 Å². The van der Waals surface area contributed by atoms with E-state index in [1.807, 2.05) is 0 Å². The maximum atomic E-state index is 10.0. The molecule has 0 unspecified atom stereocenters. The average molecular weight is 397 g/mol. The Morgan fingerprint density at radius 1 is 1.03 bits per heavy atom. The first-order chi connectivity index (χ1) is 13.7. The summed E-state index contributed by atoms with van der Waals surface area (Å²) in [7, 11) is 0. The van der Waals surface area contributed by atoms with Gasteiger partial charge in [-0.15, -0.1) is 0 Å². The van der Waals surface area contributed by atoms with Gasteiger partial charge in [0.15, 0.2) is 0 Å². The van der Waals surface area contributed by atoms with Gasteiger partial charge in [-0.2, -0.15) is 0 Å². The molecule has 0 amide bonds. The minimum Gasteiger partial charge on any atom is -0.393 e. The Bertz CT molecular complexity index is 678. The van der Waals surface area contributed by atoms with E-state index in [0.29, 0.717) is 17.3 Å². The monoisotopic (exact) mass is 396 g/mol. The van der Waals surface area contributed by atoms with Crippen molar-refractivity contribution >= 4 is 0 Å². The molecule has 3 aliphatic rings. The van der Waals surface area contributed by atoms with Crippen LogP contribution in [0.2, 0.25) is 0 Å². The Morgan fingerprint density at radius 2 is 1.79 bits per heavy atom. The number of allylic oxidation sites excluding steroid dienone is 6. The molecule has 6 atom stereocenters. The molecule has 29 heavy (non-hydrogen) atoms. The molecule has 1 N–H and O–H groups in total. The molecule has 0 saturated heterocycles. The Hall–Kier alpha value is -1.08. The van der Waals surface area contributed by atoms with E-state index in [-0.39, 0.29) is 6.10 Å². The predicted octanol–water partition coefficient (Wildman–Crippen LogP) is 7.64. The van der Waals surface area contributed by atoms with Crippen LogP contribution in [-0.2, 0) is 0 Å². The minimum atomic E-state index is -0.182. The van der Waals surface area contributed by atoms with Crippen molar-refractivity contribution in [3.8, 4) is 0 Å². The van der Waals surface area contributed by atoms with Crippen LogP contribution >= 0.6 is 0 Å². The number of hydrogen-bond donors (Lipinski definition) is 1. The molecule has 0 radical (unpaired) electrons. The maximum Gasteiger partial charge on any atom is 0.0583 e. The summed E-state index contributed by atoms with van der Waals surface area (Å²) in [6.45, 7) is 16.3. The van der Waals surface area contributed by atoms with E-state index in [2.05, 4.69) is 65.5 Å². The SMILES string of the molecule is C=C1CC[C@H](O)CC1=CC=C1CCC[C@@]2(C)[C@@H]1CC[C@@H]2[C@@H](C)C=C[C@H](C)C(C)C. The van der Waals surface area contributed by atoms with Gasteiger partial charge in [0.2, 0.25) is 0 Å². The first-order valence-corrected chi connectivity index (χ1v) is 12.2. The smallest absolute Gasteiger partial charge is 0.0583 e. The lowest BCUT2D eigenvalue weighted by atomic mass is 9.61. The molecule has 1 heteroatoms. The van der Waals surface area contributed by atoms with Crippen LogP contribution in [0.1, 0.15) is 86.0 Å². The van der Waals surface area contributed by atoms with Crippen molar-refractivity contribution in [1.82, 2.24) is 0 Å². The minimum absolute atomic E-state index is 0.182. The number of aliphatic hydroxyl groups excluding tert-OH is 1. The van der Waals surface area contributed by atoms with E-state index in [0.717, 1.165) is 37.0 Å². The molecule has 0 aromatic rings. The van der Waals surface area contributed by atoms with Crippen LogP contribution in [0.3, 0.4) is 0 Å². The van der Waals surface area contributed by atoms with Crippen LogP contribution in [0.15, 0.2) is 47.6 Å². The second kappa shape index (κ2) is 9.38. The van der Waals surface area contributed by atoms with E-state index in [9.17, 15) is 5.11 Å². The quantitative estimate of drug-likeness (QED) is 0.473. The molecule has 0 heterocycles. The first-order valence-electron chi connectivity index (χ1n) is 12.2. The van der Waals surface area contributed by atoms with Gasteiger partial charge < -0.3 is 5.11 Å². The molecule has 162 valence electrons. The highest BCUT2D eigenvalue weighted by Gasteiger charge is 2.50. The van der Waals surface area contributed by atoms with Crippen molar-refractivity contribution in [2.24, 2.45) is 35.0 Å². The number of rotatable bonds is 5. The summed E-state index contributed by atoms with van der Waals surface area (Å²) in [6.07, 6.45) is 18.8. The Balaban J connectivity index is 1.75. The van der Waals surface area contributed by atoms with E-state index >= 15 is 0 Å². The summed E-state index contributed by atoms with van der Waals surface area (Å²) in [4.78, 5) is 0. The topological polar surface area (TPSA) is 20.2 Å². The highest BCUT2D eigenvalue weighted by atomic mass is 16.3. The largest absolute Gasteiger partial charge is 0.393 e. The molecule has 3 rings (SSSR count). The van der Waals surface area contributed by atoms with Gasteiger partial charge in [-0.3, -0.25) is 0 Å². The van der Waals surface area contributed by atoms with Gasteiger partial charge in [-0.25, -0.2) is 0 Å². The Morgan fingerprint density at radius 3 is 2.52 bits per heavy atom. The molecular weight excluding hydrogens is 352 g/mol. The lowest BCUT2D eigenvalue weighted by Gasteiger charge is -2.44. The van der Waals surface area contributed by atoms with Crippen molar-refractivity contribution in [1.29, 1.82) is 0 Å². The van der Waals surface area contributed by atoms with Crippen molar-refractivity contribution in [3.63, 3.8) is 0 Å². The molecule has 0 aromatic carbocycles. The lowest BCUT2D eigenvalue weighted by molar-refractivity contribution is 0.112. The van der Waals surface area contributed by atoms with Crippen LogP contribution in [0, 0.1) is 35.0 Å². The number of hydrogen-bond acceptors (Lipinski definition) is 1. The Kier molecular flexibility index (Phi) is 7.31. The third kappa shape index (κ3) is 4.98. The average Bonchev–Trinajstić information content (AvgIpc) is 3.04. The first kappa shape index (κ1) is 22.6. The molecule has 3 fully saturated rings. The fraction of sp³-hybridized carbons (Fsp3) is 0.714. The zero-order valence-corrected chi connectivity index (χ0v) is 19.6. The van der Waals surface area contributed by atoms with Crippen LogP contribution in [0.4, 0.5) is 0 Å². The van der Waals surface area contributed by atoms with E-state index in [1.54, 1.807) is 5.57 Å². The van der Waals surface area contributed by atoms with Crippen molar-refractivity contribution < 1.29 is 5.11 Å². The molecule has 0 spiro atoms. The van der Waals surface area contributed by atoms with Crippen LogP contribution < -0.4 is 0 Å². The van der Waals surface area contributed by atoms with Crippen molar-refractivity contribution in [3.05, 3.63) is 47.6 Å². The zero-order chi connectivity index (χ0) is 21.2. The van der Waals surface area contributed by atoms with E-state index in [1.165, 1.54) is 43.3 Å². The van der Waals surface area contributed by atoms with Crippen LogP contribution in [0.5, 0.6) is 0 Å². The third-order valence-electron chi connectivity index (χ3n) is 8.63.